The van der Waals surface area contributed by atoms with Crippen molar-refractivity contribution in [2.24, 2.45) is 0 Å². The molecule has 0 spiro atoms. The zero-order chi connectivity index (χ0) is 29.1. The van der Waals surface area contributed by atoms with Gasteiger partial charge in [0.1, 0.15) is 12.2 Å². The van der Waals surface area contributed by atoms with Gasteiger partial charge in [0.15, 0.2) is 0 Å². The summed E-state index contributed by atoms with van der Waals surface area (Å²) in [5.74, 6) is 0. The maximum Gasteiger partial charge on any atom is 0.107 e. The molecule has 7 atom stereocenters. The van der Waals surface area contributed by atoms with Crippen LogP contribution in [0.4, 0.5) is 0 Å². The van der Waals surface area contributed by atoms with Gasteiger partial charge in [-0.25, -0.2) is 0 Å². The van der Waals surface area contributed by atoms with Crippen molar-refractivity contribution in [3.63, 3.8) is 0 Å². The van der Waals surface area contributed by atoms with Crippen LogP contribution in [0.25, 0.3) is 0 Å². The number of aliphatic hydroxyl groups excluding tert-OH is 9. The summed E-state index contributed by atoms with van der Waals surface area (Å²) in [5.41, 5.74) is -0.445. The third-order valence-electron chi connectivity index (χ3n) is 6.23. The highest BCUT2D eigenvalue weighted by atomic mass is 16.5. The summed E-state index contributed by atoms with van der Waals surface area (Å²) in [6.45, 7) is 6.13. The zero-order valence-electron chi connectivity index (χ0n) is 23.1. The molecule has 0 aliphatic heterocycles. The minimum Gasteiger partial charge on any atom is -0.396 e. The summed E-state index contributed by atoms with van der Waals surface area (Å²) in [6, 6.07) is 0. The normalized spacial score (nSPS) is 18.2. The smallest absolute Gasteiger partial charge is 0.107 e. The van der Waals surface area contributed by atoms with Crippen molar-refractivity contribution >= 4 is 0 Å². The summed E-state index contributed by atoms with van der Waals surface area (Å²) in [4.78, 5) is 1.51. The molecule has 0 saturated heterocycles. The molecule has 7 unspecified atom stereocenters. The monoisotopic (exact) mass is 559 g/mol. The maximum absolute atomic E-state index is 10.4. The van der Waals surface area contributed by atoms with Crippen molar-refractivity contribution in [2.75, 3.05) is 65.9 Å². The van der Waals surface area contributed by atoms with E-state index in [9.17, 15) is 30.6 Å². The summed E-state index contributed by atoms with van der Waals surface area (Å²) < 4.78 is 17.1. The number of nitrogens with zero attached hydrogens (tertiary/aromatic N) is 1. The minimum atomic E-state index is -1.54. The first-order chi connectivity index (χ1) is 17.9. The molecule has 230 valence electrons. The van der Waals surface area contributed by atoms with Crippen LogP contribution in [0.15, 0.2) is 0 Å². The molecule has 13 nitrogen and oxygen atoms in total. The third-order valence-corrected chi connectivity index (χ3v) is 6.23. The van der Waals surface area contributed by atoms with Crippen LogP contribution >= 0.6 is 0 Å². The van der Waals surface area contributed by atoms with Crippen LogP contribution in [0.3, 0.4) is 0 Å². The SMILES string of the molecule is CC(CCO)OCCC(C)(C)OCCOCCN(CC(O)C(O)C(O)CCO)CC(O)C(O)C(O)CCO. The van der Waals surface area contributed by atoms with Gasteiger partial charge in [0.05, 0.1) is 55.9 Å². The fourth-order valence-electron chi connectivity index (χ4n) is 3.64. The molecule has 0 radical (unpaired) electrons. The van der Waals surface area contributed by atoms with Crippen LogP contribution in [0, 0.1) is 0 Å². The van der Waals surface area contributed by atoms with Gasteiger partial charge in [-0.15, -0.1) is 0 Å². The zero-order valence-corrected chi connectivity index (χ0v) is 23.1. The molecule has 0 aliphatic rings. The molecule has 0 aromatic carbocycles. The van der Waals surface area contributed by atoms with Crippen LogP contribution in [0.1, 0.15) is 46.5 Å². The third kappa shape index (κ3) is 17.2. The van der Waals surface area contributed by atoms with Crippen LogP contribution < -0.4 is 0 Å². The number of hydrogen-bond donors (Lipinski definition) is 9. The van der Waals surface area contributed by atoms with Gasteiger partial charge in [-0.1, -0.05) is 0 Å². The average Bonchev–Trinajstić information content (AvgIpc) is 2.85. The Labute approximate surface area is 226 Å². The predicted octanol–water partition coefficient (Wildman–Crippen LogP) is -2.79. The van der Waals surface area contributed by atoms with Gasteiger partial charge in [-0.05, 0) is 46.5 Å². The summed E-state index contributed by atoms with van der Waals surface area (Å²) in [6.07, 6.45) is -7.68. The second-order valence-corrected chi connectivity index (χ2v) is 10.2. The Hall–Kier alpha value is -0.520. The highest BCUT2D eigenvalue weighted by Gasteiger charge is 2.30. The van der Waals surface area contributed by atoms with E-state index < -0.39 is 42.2 Å². The van der Waals surface area contributed by atoms with E-state index in [1.165, 1.54) is 4.90 Å². The van der Waals surface area contributed by atoms with E-state index in [0.29, 0.717) is 26.1 Å². The Balaban J connectivity index is 4.71. The maximum atomic E-state index is 10.4. The molecule has 0 aromatic heterocycles. The van der Waals surface area contributed by atoms with E-state index in [2.05, 4.69) is 0 Å². The average molecular weight is 560 g/mol. The van der Waals surface area contributed by atoms with E-state index in [1.54, 1.807) is 0 Å². The highest BCUT2D eigenvalue weighted by molar-refractivity contribution is 4.82. The first-order valence-corrected chi connectivity index (χ1v) is 13.3. The number of hydrogen-bond acceptors (Lipinski definition) is 13. The first kappa shape index (κ1) is 37.5. The molecule has 0 amide bonds. The summed E-state index contributed by atoms with van der Waals surface area (Å²) in [7, 11) is 0. The molecule has 0 heterocycles. The molecular formula is C25H53NO12. The van der Waals surface area contributed by atoms with Gasteiger partial charge in [-0.2, -0.15) is 0 Å². The molecule has 0 saturated carbocycles. The minimum absolute atomic E-state index is 0.0303. The lowest BCUT2D eigenvalue weighted by Gasteiger charge is -2.32. The predicted molar refractivity (Wildman–Crippen MR) is 138 cm³/mol. The van der Waals surface area contributed by atoms with Crippen molar-refractivity contribution in [1.82, 2.24) is 4.90 Å². The van der Waals surface area contributed by atoms with Crippen molar-refractivity contribution in [1.29, 1.82) is 0 Å². The molecule has 13 heteroatoms. The van der Waals surface area contributed by atoms with E-state index in [0.717, 1.165) is 0 Å². The van der Waals surface area contributed by atoms with Gasteiger partial charge in [0, 0.05) is 46.1 Å². The van der Waals surface area contributed by atoms with E-state index in [1.807, 2.05) is 20.8 Å². The molecule has 38 heavy (non-hydrogen) atoms. The van der Waals surface area contributed by atoms with Crippen molar-refractivity contribution in [3.8, 4) is 0 Å². The quantitative estimate of drug-likeness (QED) is 0.0518. The van der Waals surface area contributed by atoms with Crippen LogP contribution in [0.5, 0.6) is 0 Å². The number of aliphatic hydroxyl groups is 9. The van der Waals surface area contributed by atoms with Crippen LogP contribution in [-0.4, -0.2) is 165 Å². The fraction of sp³-hybridized carbons (Fsp3) is 1.00. The summed E-state index contributed by atoms with van der Waals surface area (Å²) in [5, 5.41) is 87.5. The van der Waals surface area contributed by atoms with E-state index in [4.69, 9.17) is 29.5 Å². The van der Waals surface area contributed by atoms with Crippen molar-refractivity contribution in [3.05, 3.63) is 0 Å². The second-order valence-electron chi connectivity index (χ2n) is 10.2. The van der Waals surface area contributed by atoms with Crippen LogP contribution in [0.2, 0.25) is 0 Å². The molecule has 0 bridgehead atoms. The van der Waals surface area contributed by atoms with Crippen LogP contribution in [-0.2, 0) is 14.2 Å². The first-order valence-electron chi connectivity index (χ1n) is 13.3. The van der Waals surface area contributed by atoms with Gasteiger partial charge >= 0.3 is 0 Å². The van der Waals surface area contributed by atoms with E-state index >= 15 is 0 Å². The lowest BCUT2D eigenvalue weighted by atomic mass is 10.0. The second kappa shape index (κ2) is 21.3. The molecule has 0 aliphatic carbocycles. The van der Waals surface area contributed by atoms with Gasteiger partial charge in [-0.3, -0.25) is 4.90 Å². The molecule has 0 fully saturated rings. The Bertz CT molecular complexity index is 532. The van der Waals surface area contributed by atoms with Crippen molar-refractivity contribution in [2.45, 2.75) is 94.8 Å². The van der Waals surface area contributed by atoms with Crippen molar-refractivity contribution < 1.29 is 60.2 Å². The lowest BCUT2D eigenvalue weighted by molar-refractivity contribution is -0.0961. The lowest BCUT2D eigenvalue weighted by Crippen LogP contribution is -2.50. The fourth-order valence-corrected chi connectivity index (χ4v) is 3.64. The van der Waals surface area contributed by atoms with E-state index in [-0.39, 0.29) is 71.6 Å². The van der Waals surface area contributed by atoms with Gasteiger partial charge < -0.3 is 60.2 Å². The summed E-state index contributed by atoms with van der Waals surface area (Å²) >= 11 is 0. The Kier molecular flexibility index (Phi) is 21.0. The van der Waals surface area contributed by atoms with Gasteiger partial charge in [0.25, 0.3) is 0 Å². The Morgan fingerprint density at radius 1 is 0.658 bits per heavy atom. The topological polar surface area (TPSA) is 213 Å². The molecule has 0 aromatic rings. The molecule has 0 rings (SSSR count). The molecular weight excluding hydrogens is 506 g/mol. The van der Waals surface area contributed by atoms with Gasteiger partial charge in [0.2, 0.25) is 0 Å². The standard InChI is InChI=1S/C25H53NO12/c1-18(4-9-27)37-12-7-25(2,3)38-15-14-36-13-8-26(16-21(32)23(34)19(30)5-10-28)17-22(33)24(35)20(31)6-11-29/h18-24,27-35H,4-17H2,1-3H3. The number of ether oxygens (including phenoxy) is 3. The highest BCUT2D eigenvalue weighted by Crippen LogP contribution is 2.15. The largest absolute Gasteiger partial charge is 0.396 e. The number of rotatable bonds is 25. The Morgan fingerprint density at radius 3 is 1.63 bits per heavy atom. The Morgan fingerprint density at radius 2 is 1.16 bits per heavy atom. The molecule has 9 N–H and O–H groups in total.